The number of carbonyl (C=O) groups excluding carboxylic acids is 2. The molecule has 0 bridgehead atoms. The molecule has 0 N–H and O–H groups in total. The molecule has 4 nitrogen and oxygen atoms in total. The molecule has 1 aliphatic rings. The van der Waals surface area contributed by atoms with Crippen LogP contribution in [0.5, 0.6) is 5.75 Å². The average molecular weight is 402 g/mol. The van der Waals surface area contributed by atoms with E-state index in [0.29, 0.717) is 0 Å². The number of carbonyl (C=O) groups is 2. The number of nitrogens with zero attached hydrogens (tertiary/aromatic N) is 1. The molecule has 4 rings (SSSR count). The summed E-state index contributed by atoms with van der Waals surface area (Å²) < 4.78 is 5.29. The fraction of sp³-hybridized carbons (Fsp3) is 0.308. The number of Topliss-reactive ketones (excluding diaryl/α,β-unsaturated/α-hetero) is 2. The molecular formula is C26H27NO3. The lowest BCUT2D eigenvalue weighted by atomic mass is 9.89. The third-order valence-corrected chi connectivity index (χ3v) is 5.95. The molecule has 1 atom stereocenters. The Morgan fingerprint density at radius 1 is 1.00 bits per heavy atom. The van der Waals surface area contributed by atoms with Crippen LogP contribution in [0.25, 0.3) is 10.8 Å². The van der Waals surface area contributed by atoms with Crippen molar-refractivity contribution in [1.82, 2.24) is 4.90 Å². The zero-order valence-corrected chi connectivity index (χ0v) is 17.6. The molecule has 30 heavy (non-hydrogen) atoms. The van der Waals surface area contributed by atoms with Gasteiger partial charge in [0, 0.05) is 30.1 Å². The highest BCUT2D eigenvalue weighted by Crippen LogP contribution is 2.26. The molecule has 0 radical (unpaired) electrons. The average Bonchev–Trinajstić information content (AvgIpc) is 2.78. The number of piperidine rings is 1. The molecule has 3 aromatic carbocycles. The summed E-state index contributed by atoms with van der Waals surface area (Å²) in [5.41, 5.74) is 2.64. The number of hydrogen-bond donors (Lipinski definition) is 0. The monoisotopic (exact) mass is 401 g/mol. The highest BCUT2D eigenvalue weighted by molar-refractivity contribution is 6.01. The number of ketones is 2. The van der Waals surface area contributed by atoms with E-state index in [2.05, 4.69) is 11.0 Å². The molecule has 0 amide bonds. The molecule has 0 saturated carbocycles. The van der Waals surface area contributed by atoms with Gasteiger partial charge in [-0.1, -0.05) is 36.4 Å². The van der Waals surface area contributed by atoms with Crippen LogP contribution in [0.1, 0.15) is 46.0 Å². The first-order chi connectivity index (χ1) is 14.5. The first kappa shape index (κ1) is 20.3. The molecule has 154 valence electrons. The Hall–Kier alpha value is -2.98. The fourth-order valence-corrected chi connectivity index (χ4v) is 4.30. The lowest BCUT2D eigenvalue weighted by Crippen LogP contribution is -2.38. The van der Waals surface area contributed by atoms with Crippen LogP contribution >= 0.6 is 0 Å². The van der Waals surface area contributed by atoms with Gasteiger partial charge in [0.1, 0.15) is 5.75 Å². The van der Waals surface area contributed by atoms with E-state index < -0.39 is 0 Å². The van der Waals surface area contributed by atoms with Crippen LogP contribution in [0, 0.1) is 5.92 Å². The molecule has 1 unspecified atom stereocenters. The number of fused-ring (bicyclic) bond motifs is 1. The predicted octanol–water partition coefficient (Wildman–Crippen LogP) is 5.15. The van der Waals surface area contributed by atoms with E-state index >= 15 is 0 Å². The molecule has 0 aliphatic carbocycles. The van der Waals surface area contributed by atoms with E-state index in [0.717, 1.165) is 65.7 Å². The van der Waals surface area contributed by atoms with E-state index in [-0.39, 0.29) is 17.5 Å². The zero-order valence-electron chi connectivity index (χ0n) is 17.6. The van der Waals surface area contributed by atoms with Crippen LogP contribution in [-0.2, 0) is 6.54 Å². The quantitative estimate of drug-likeness (QED) is 0.536. The van der Waals surface area contributed by atoms with E-state index in [1.807, 2.05) is 54.6 Å². The van der Waals surface area contributed by atoms with Crippen molar-refractivity contribution in [3.05, 3.63) is 77.4 Å². The van der Waals surface area contributed by atoms with E-state index in [1.54, 1.807) is 14.0 Å². The summed E-state index contributed by atoms with van der Waals surface area (Å²) in [6.07, 6.45) is 1.93. The van der Waals surface area contributed by atoms with Gasteiger partial charge in [-0.05, 0) is 66.9 Å². The number of rotatable bonds is 6. The highest BCUT2D eigenvalue weighted by atomic mass is 16.5. The second-order valence-corrected chi connectivity index (χ2v) is 8.12. The first-order valence-corrected chi connectivity index (χ1v) is 10.5. The predicted molar refractivity (Wildman–Crippen MR) is 119 cm³/mol. The lowest BCUT2D eigenvalue weighted by Gasteiger charge is -2.32. The standard InChI is InChI=1S/C26H27NO3/c1-18(28)20-6-3-5-19(13-20)16-27-12-4-7-24(17-27)26(29)23-9-8-22-15-25(30-2)11-10-21(22)14-23/h3,5-6,8-11,13-15,24H,4,7,12,16-17H2,1-2H3. The lowest BCUT2D eigenvalue weighted by molar-refractivity contribution is 0.0811. The number of methoxy groups -OCH3 is 1. The summed E-state index contributed by atoms with van der Waals surface area (Å²) >= 11 is 0. The van der Waals surface area contributed by atoms with Crippen LogP contribution in [0.15, 0.2) is 60.7 Å². The summed E-state index contributed by atoms with van der Waals surface area (Å²) in [6, 6.07) is 19.6. The number of likely N-dealkylation sites (tertiary alicyclic amines) is 1. The Labute approximate surface area is 177 Å². The molecule has 1 saturated heterocycles. The maximum Gasteiger partial charge on any atom is 0.167 e. The Morgan fingerprint density at radius 3 is 2.60 bits per heavy atom. The van der Waals surface area contributed by atoms with Crippen molar-refractivity contribution in [1.29, 1.82) is 0 Å². The molecule has 0 aromatic heterocycles. The van der Waals surface area contributed by atoms with Crippen molar-refractivity contribution < 1.29 is 14.3 Å². The fourth-order valence-electron chi connectivity index (χ4n) is 4.30. The van der Waals surface area contributed by atoms with Crippen molar-refractivity contribution in [3.8, 4) is 5.75 Å². The van der Waals surface area contributed by atoms with Gasteiger partial charge in [0.15, 0.2) is 11.6 Å². The number of benzene rings is 3. The zero-order chi connectivity index (χ0) is 21.1. The first-order valence-electron chi connectivity index (χ1n) is 10.5. The van der Waals surface area contributed by atoms with Crippen LogP contribution in [0.2, 0.25) is 0 Å². The topological polar surface area (TPSA) is 46.6 Å². The minimum Gasteiger partial charge on any atom is -0.497 e. The number of hydrogen-bond acceptors (Lipinski definition) is 4. The van der Waals surface area contributed by atoms with Gasteiger partial charge in [0.05, 0.1) is 7.11 Å². The summed E-state index contributed by atoms with van der Waals surface area (Å²) in [6.45, 7) is 4.09. The minimum absolute atomic E-state index is 0.00504. The van der Waals surface area contributed by atoms with Gasteiger partial charge >= 0.3 is 0 Å². The van der Waals surface area contributed by atoms with Crippen LogP contribution in [0.4, 0.5) is 0 Å². The van der Waals surface area contributed by atoms with E-state index in [4.69, 9.17) is 4.74 Å². The van der Waals surface area contributed by atoms with E-state index in [9.17, 15) is 9.59 Å². The van der Waals surface area contributed by atoms with Crippen molar-refractivity contribution in [3.63, 3.8) is 0 Å². The third kappa shape index (κ3) is 4.44. The van der Waals surface area contributed by atoms with Crippen LogP contribution in [-0.4, -0.2) is 36.7 Å². The largest absolute Gasteiger partial charge is 0.497 e. The molecule has 0 spiro atoms. The Balaban J connectivity index is 1.47. The SMILES string of the molecule is COc1ccc2cc(C(=O)C3CCCN(Cc4cccc(C(C)=O)c4)C3)ccc2c1. The van der Waals surface area contributed by atoms with Gasteiger partial charge in [-0.25, -0.2) is 0 Å². The molecule has 4 heteroatoms. The second kappa shape index (κ2) is 8.80. The van der Waals surface area contributed by atoms with Gasteiger partial charge < -0.3 is 4.74 Å². The third-order valence-electron chi connectivity index (χ3n) is 5.95. The van der Waals surface area contributed by atoms with Crippen LogP contribution in [0.3, 0.4) is 0 Å². The Kier molecular flexibility index (Phi) is 5.96. The Bertz CT molecular complexity index is 1090. The van der Waals surface area contributed by atoms with Gasteiger partial charge in [0.2, 0.25) is 0 Å². The molecular weight excluding hydrogens is 374 g/mol. The normalized spacial score (nSPS) is 17.1. The summed E-state index contributed by atoms with van der Waals surface area (Å²) in [7, 11) is 1.66. The molecule has 1 heterocycles. The van der Waals surface area contributed by atoms with Gasteiger partial charge in [-0.3, -0.25) is 14.5 Å². The van der Waals surface area contributed by atoms with Gasteiger partial charge in [0.25, 0.3) is 0 Å². The number of ether oxygens (including phenoxy) is 1. The Morgan fingerprint density at radius 2 is 1.80 bits per heavy atom. The minimum atomic E-state index is 0.00504. The van der Waals surface area contributed by atoms with Gasteiger partial charge in [-0.15, -0.1) is 0 Å². The van der Waals surface area contributed by atoms with Gasteiger partial charge in [-0.2, -0.15) is 0 Å². The molecule has 1 fully saturated rings. The second-order valence-electron chi connectivity index (χ2n) is 8.12. The summed E-state index contributed by atoms with van der Waals surface area (Å²) in [5.74, 6) is 1.12. The molecule has 3 aromatic rings. The van der Waals surface area contributed by atoms with Crippen molar-refractivity contribution in [2.45, 2.75) is 26.3 Å². The highest BCUT2D eigenvalue weighted by Gasteiger charge is 2.26. The smallest absolute Gasteiger partial charge is 0.167 e. The van der Waals surface area contributed by atoms with Crippen LogP contribution < -0.4 is 4.74 Å². The summed E-state index contributed by atoms with van der Waals surface area (Å²) in [4.78, 5) is 27.2. The van der Waals surface area contributed by atoms with Crippen molar-refractivity contribution in [2.24, 2.45) is 5.92 Å². The summed E-state index contributed by atoms with van der Waals surface area (Å²) in [5, 5.41) is 2.12. The van der Waals surface area contributed by atoms with E-state index in [1.165, 1.54) is 0 Å². The maximum atomic E-state index is 13.2. The van der Waals surface area contributed by atoms with Crippen molar-refractivity contribution >= 4 is 22.3 Å². The molecule has 1 aliphatic heterocycles. The van der Waals surface area contributed by atoms with Crippen molar-refractivity contribution in [2.75, 3.05) is 20.2 Å². The maximum absolute atomic E-state index is 13.2.